The van der Waals surface area contributed by atoms with Crippen LogP contribution in [0.2, 0.25) is 0 Å². The third kappa shape index (κ3) is 8.73. The molecule has 26 heteroatoms. The number of hydrogen-bond donors (Lipinski definition) is 2. The molecule has 0 saturated heterocycles. The zero-order chi connectivity index (χ0) is 36.0. The van der Waals surface area contributed by atoms with Crippen molar-refractivity contribution < 1.29 is 74.3 Å². The van der Waals surface area contributed by atoms with Crippen molar-refractivity contribution in [2.24, 2.45) is 0 Å². The minimum Gasteiger partial charge on any atom is -0.396 e. The number of halogens is 15. The molecule has 258 valence electrons. The number of nitrogens with one attached hydrogen (secondary N) is 1. The minimum atomic E-state index is -6.19. The molecule has 0 fully saturated rings. The molecule has 3 N–H and O–H groups in total. The van der Waals surface area contributed by atoms with Crippen LogP contribution < -0.4 is 10.5 Å². The molecule has 0 aliphatic carbocycles. The number of aromatic nitrogens is 6. The molecule has 4 rings (SSSR count). The molecule has 0 spiro atoms. The van der Waals surface area contributed by atoms with Gasteiger partial charge in [0.25, 0.3) is 0 Å². The summed E-state index contributed by atoms with van der Waals surface area (Å²) in [5, 5.41) is 6.10. The molecule has 0 amide bonds. The van der Waals surface area contributed by atoms with Gasteiger partial charge in [-0.3, -0.25) is 4.72 Å². The number of rotatable bonds is 4. The Morgan fingerprint density at radius 3 is 1.38 bits per heavy atom. The molecular formula is C21H11F15N8O2S. The highest BCUT2D eigenvalue weighted by Crippen LogP contribution is 2.36. The number of nitrogens with zero attached hydrogens (tertiary/aromatic N) is 6. The van der Waals surface area contributed by atoms with E-state index >= 15 is 0 Å². The van der Waals surface area contributed by atoms with Crippen LogP contribution in [0, 0.1) is 0 Å². The van der Waals surface area contributed by atoms with Crippen LogP contribution in [0.25, 0.3) is 11.6 Å². The minimum absolute atomic E-state index is 0.0550. The number of nitrogen functional groups attached to an aromatic ring is 1. The Labute approximate surface area is 249 Å². The molecule has 10 nitrogen and oxygen atoms in total. The van der Waals surface area contributed by atoms with Crippen molar-refractivity contribution in [2.75, 3.05) is 10.5 Å². The Hall–Kier alpha value is -4.78. The molecule has 0 unspecified atom stereocenters. The largest absolute Gasteiger partial charge is 0.516 e. The van der Waals surface area contributed by atoms with E-state index in [1.807, 2.05) is 0 Å². The van der Waals surface area contributed by atoms with E-state index < -0.39 is 79.9 Å². The number of pyridine rings is 2. The Bertz CT molecular complexity index is 1840. The van der Waals surface area contributed by atoms with Crippen molar-refractivity contribution in [1.29, 1.82) is 0 Å². The van der Waals surface area contributed by atoms with Crippen LogP contribution in [0.15, 0.2) is 49.1 Å². The first-order valence-corrected chi connectivity index (χ1v) is 12.8. The van der Waals surface area contributed by atoms with Gasteiger partial charge in [-0.15, -0.1) is 0 Å². The lowest BCUT2D eigenvalue weighted by molar-refractivity contribution is -0.142. The van der Waals surface area contributed by atoms with Gasteiger partial charge in [-0.05, 0) is 24.3 Å². The smallest absolute Gasteiger partial charge is 0.396 e. The van der Waals surface area contributed by atoms with Crippen LogP contribution in [0.4, 0.5) is 77.2 Å². The van der Waals surface area contributed by atoms with Gasteiger partial charge in [-0.1, -0.05) is 0 Å². The SMILES string of the molecule is Nc1cc(C(F)(F)F)cnc1-n1ccc(C(F)(F)F)n1.O=S(=O)(Nc1cc(C(F)(F)F)cnc1-n1ccc(C(F)(F)F)n1)C(F)(F)F. The van der Waals surface area contributed by atoms with Crippen molar-refractivity contribution in [3.8, 4) is 11.6 Å². The lowest BCUT2D eigenvalue weighted by Gasteiger charge is -2.15. The third-order valence-corrected chi connectivity index (χ3v) is 6.26. The molecule has 0 saturated carbocycles. The first kappa shape index (κ1) is 36.7. The number of alkyl halides is 15. The molecule has 0 aliphatic heterocycles. The summed E-state index contributed by atoms with van der Waals surface area (Å²) in [5.74, 6) is -1.35. The first-order valence-electron chi connectivity index (χ1n) is 11.4. The van der Waals surface area contributed by atoms with Crippen molar-refractivity contribution in [1.82, 2.24) is 29.5 Å². The summed E-state index contributed by atoms with van der Waals surface area (Å²) in [4.78, 5) is 6.49. The summed E-state index contributed by atoms with van der Waals surface area (Å²) in [6.45, 7) is 0. The summed E-state index contributed by atoms with van der Waals surface area (Å²) in [6, 6.07) is 1.55. The second-order valence-electron chi connectivity index (χ2n) is 8.57. The lowest BCUT2D eigenvalue weighted by Crippen LogP contribution is -2.30. The second-order valence-corrected chi connectivity index (χ2v) is 10.2. The van der Waals surface area contributed by atoms with E-state index in [2.05, 4.69) is 20.2 Å². The molecule has 4 heterocycles. The van der Waals surface area contributed by atoms with Crippen molar-refractivity contribution in [3.05, 3.63) is 71.6 Å². The second kappa shape index (κ2) is 12.1. The van der Waals surface area contributed by atoms with Gasteiger partial charge in [0.15, 0.2) is 23.0 Å². The predicted octanol–water partition coefficient (Wildman–Crippen LogP) is 6.45. The van der Waals surface area contributed by atoms with E-state index in [-0.39, 0.29) is 22.8 Å². The average Bonchev–Trinajstić information content (AvgIpc) is 3.58. The van der Waals surface area contributed by atoms with Crippen LogP contribution in [0.5, 0.6) is 0 Å². The maximum atomic E-state index is 12.7. The van der Waals surface area contributed by atoms with Gasteiger partial charge < -0.3 is 5.73 Å². The lowest BCUT2D eigenvalue weighted by atomic mass is 10.2. The number of anilines is 2. The van der Waals surface area contributed by atoms with Crippen LogP contribution in [0.1, 0.15) is 22.5 Å². The summed E-state index contributed by atoms with van der Waals surface area (Å²) < 4.78 is 212. The van der Waals surface area contributed by atoms with Crippen molar-refractivity contribution >= 4 is 21.4 Å². The molecule has 0 atom stereocenters. The van der Waals surface area contributed by atoms with Gasteiger partial charge in [0.05, 0.1) is 22.5 Å². The fraction of sp³-hybridized carbons (Fsp3) is 0.238. The van der Waals surface area contributed by atoms with Crippen molar-refractivity contribution in [3.63, 3.8) is 0 Å². The van der Waals surface area contributed by atoms with Crippen LogP contribution in [0.3, 0.4) is 0 Å². The quantitative estimate of drug-likeness (QED) is 0.231. The molecule has 4 aromatic heterocycles. The number of sulfonamides is 1. The summed E-state index contributed by atoms with van der Waals surface area (Å²) in [5.41, 5.74) is -7.82. The molecule has 0 radical (unpaired) electrons. The zero-order valence-corrected chi connectivity index (χ0v) is 22.6. The van der Waals surface area contributed by atoms with Crippen LogP contribution >= 0.6 is 0 Å². The highest BCUT2D eigenvalue weighted by molar-refractivity contribution is 7.93. The summed E-state index contributed by atoms with van der Waals surface area (Å²) >= 11 is 0. The Balaban J connectivity index is 0.000000267. The van der Waals surface area contributed by atoms with E-state index in [0.717, 1.165) is 10.9 Å². The average molecular weight is 724 g/mol. The van der Waals surface area contributed by atoms with Gasteiger partial charge in [0.2, 0.25) is 0 Å². The highest BCUT2D eigenvalue weighted by Gasteiger charge is 2.47. The fourth-order valence-electron chi connectivity index (χ4n) is 3.08. The first-order chi connectivity index (χ1) is 21.1. The topological polar surface area (TPSA) is 134 Å². The number of nitrogens with two attached hydrogens (primary N) is 1. The van der Waals surface area contributed by atoms with E-state index in [1.165, 1.54) is 0 Å². The van der Waals surface area contributed by atoms with Gasteiger partial charge in [0.1, 0.15) is 0 Å². The molecule has 0 aromatic carbocycles. The summed E-state index contributed by atoms with van der Waals surface area (Å²) in [7, 11) is -6.19. The molecule has 0 bridgehead atoms. The van der Waals surface area contributed by atoms with E-state index in [0.29, 0.717) is 35.3 Å². The maximum Gasteiger partial charge on any atom is 0.516 e. The van der Waals surface area contributed by atoms with Crippen LogP contribution in [-0.4, -0.2) is 43.5 Å². The van der Waals surface area contributed by atoms with Crippen LogP contribution in [-0.2, 0) is 34.7 Å². The highest BCUT2D eigenvalue weighted by atomic mass is 32.2. The zero-order valence-electron chi connectivity index (χ0n) is 21.8. The normalized spacial score (nSPS) is 13.3. The Kier molecular flexibility index (Phi) is 9.45. The monoisotopic (exact) mass is 724 g/mol. The van der Waals surface area contributed by atoms with Gasteiger partial charge >= 0.3 is 40.2 Å². The Morgan fingerprint density at radius 1 is 0.617 bits per heavy atom. The molecule has 47 heavy (non-hydrogen) atoms. The third-order valence-electron chi connectivity index (χ3n) is 5.16. The molecule has 4 aromatic rings. The van der Waals surface area contributed by atoms with E-state index in [4.69, 9.17) is 5.73 Å². The molecule has 0 aliphatic rings. The number of hydrogen-bond acceptors (Lipinski definition) is 7. The fourth-order valence-corrected chi connectivity index (χ4v) is 3.64. The summed E-state index contributed by atoms with van der Waals surface area (Å²) in [6.07, 6.45) is -17.4. The maximum absolute atomic E-state index is 12.7. The predicted molar refractivity (Wildman–Crippen MR) is 126 cm³/mol. The van der Waals surface area contributed by atoms with Gasteiger partial charge in [0, 0.05) is 24.8 Å². The van der Waals surface area contributed by atoms with E-state index in [1.54, 1.807) is 0 Å². The molecular weight excluding hydrogens is 713 g/mol. The van der Waals surface area contributed by atoms with E-state index in [9.17, 15) is 74.3 Å². The van der Waals surface area contributed by atoms with Gasteiger partial charge in [-0.2, -0.15) is 84.5 Å². The Morgan fingerprint density at radius 2 is 1.02 bits per heavy atom. The standard InChI is InChI=1S/C11H5F9N4O2S.C10H6F6N4/c12-9(13,14)5-3-6(23-27(25,26)11(18,19)20)8(21-4-5)24-2-1-7(22-24)10(15,16)17;11-9(12,13)5-3-6(17)8(18-4-5)20-2-1-7(19-20)10(14,15)16/h1-4,23H;1-4H,17H2. The van der Waals surface area contributed by atoms with Gasteiger partial charge in [-0.25, -0.2) is 19.3 Å². The van der Waals surface area contributed by atoms with Crippen molar-refractivity contribution in [2.45, 2.75) is 30.2 Å².